The molecule has 0 unspecified atom stereocenters. The number of nitrogens with zero attached hydrogens (tertiary/aromatic N) is 2. The van der Waals surface area contributed by atoms with Crippen LogP contribution in [0.15, 0.2) is 42.6 Å². The summed E-state index contributed by atoms with van der Waals surface area (Å²) in [6, 6.07) is 10.5. The van der Waals surface area contributed by atoms with Crippen molar-refractivity contribution in [2.24, 2.45) is 0 Å². The van der Waals surface area contributed by atoms with Crippen molar-refractivity contribution in [3.05, 3.63) is 54.0 Å². The summed E-state index contributed by atoms with van der Waals surface area (Å²) in [6.45, 7) is 2.01. The number of rotatable bonds is 3. The number of aromatic nitrogens is 2. The van der Waals surface area contributed by atoms with E-state index in [2.05, 4.69) is 20.6 Å². The van der Waals surface area contributed by atoms with Gasteiger partial charge in [-0.2, -0.15) is 0 Å². The molecule has 2 heterocycles. The van der Waals surface area contributed by atoms with E-state index in [-0.39, 0.29) is 6.54 Å². The van der Waals surface area contributed by atoms with Crippen molar-refractivity contribution < 1.29 is 9.59 Å². The van der Waals surface area contributed by atoms with Crippen LogP contribution in [-0.4, -0.2) is 21.8 Å². The third-order valence-electron chi connectivity index (χ3n) is 2.49. The van der Waals surface area contributed by atoms with Crippen LogP contribution in [0.2, 0.25) is 0 Å². The van der Waals surface area contributed by atoms with Crippen LogP contribution < -0.4 is 10.6 Å². The molecule has 2 amide bonds. The van der Waals surface area contributed by atoms with Crippen LogP contribution in [0.3, 0.4) is 0 Å². The minimum absolute atomic E-state index is 0.203. The van der Waals surface area contributed by atoms with Crippen molar-refractivity contribution in [2.75, 3.05) is 5.32 Å². The van der Waals surface area contributed by atoms with Gasteiger partial charge in [0.1, 0.15) is 5.82 Å². The van der Waals surface area contributed by atoms with E-state index >= 15 is 0 Å². The van der Waals surface area contributed by atoms with E-state index < -0.39 is 11.8 Å². The number of hydrogen-bond acceptors (Lipinski definition) is 4. The van der Waals surface area contributed by atoms with Gasteiger partial charge in [-0.15, -0.1) is 0 Å². The Labute approximate surface area is 116 Å². The number of aryl methyl sites for hydroxylation is 1. The molecule has 102 valence electrons. The van der Waals surface area contributed by atoms with Gasteiger partial charge in [-0.3, -0.25) is 14.6 Å². The van der Waals surface area contributed by atoms with Crippen LogP contribution in [0, 0.1) is 6.92 Å². The van der Waals surface area contributed by atoms with Gasteiger partial charge in [-0.25, -0.2) is 4.98 Å². The first-order valence-electron chi connectivity index (χ1n) is 6.08. The first-order valence-corrected chi connectivity index (χ1v) is 6.08. The molecule has 2 rings (SSSR count). The average molecular weight is 270 g/mol. The molecule has 0 radical (unpaired) electrons. The monoisotopic (exact) mass is 270 g/mol. The average Bonchev–Trinajstić information content (AvgIpc) is 2.46. The fourth-order valence-corrected chi connectivity index (χ4v) is 1.54. The van der Waals surface area contributed by atoms with E-state index in [0.29, 0.717) is 11.5 Å². The van der Waals surface area contributed by atoms with Crippen LogP contribution in [-0.2, 0) is 16.1 Å². The van der Waals surface area contributed by atoms with Gasteiger partial charge in [0.2, 0.25) is 0 Å². The van der Waals surface area contributed by atoms with Gasteiger partial charge < -0.3 is 10.6 Å². The quantitative estimate of drug-likeness (QED) is 0.816. The summed E-state index contributed by atoms with van der Waals surface area (Å²) in [6.07, 6.45) is 1.62. The lowest BCUT2D eigenvalue weighted by molar-refractivity contribution is -0.136. The molecule has 6 nitrogen and oxygen atoms in total. The number of amides is 2. The third-order valence-corrected chi connectivity index (χ3v) is 2.49. The number of carbonyl (C=O) groups excluding carboxylic acids is 2. The standard InChI is InChI=1S/C14H14N4O2/c1-10-5-4-7-12(17-10)18-14(20)13(19)16-9-11-6-2-3-8-15-11/h2-8H,9H2,1H3,(H,16,19)(H,17,18,20). The highest BCUT2D eigenvalue weighted by Gasteiger charge is 2.13. The highest BCUT2D eigenvalue weighted by atomic mass is 16.2. The van der Waals surface area contributed by atoms with E-state index in [1.165, 1.54) is 0 Å². The molecule has 0 saturated carbocycles. The molecule has 0 aliphatic heterocycles. The van der Waals surface area contributed by atoms with Crippen molar-refractivity contribution in [3.8, 4) is 0 Å². The second-order valence-electron chi connectivity index (χ2n) is 4.12. The first-order chi connectivity index (χ1) is 9.65. The van der Waals surface area contributed by atoms with Gasteiger partial charge in [0.15, 0.2) is 0 Å². The normalized spacial score (nSPS) is 9.85. The molecular formula is C14H14N4O2. The zero-order valence-corrected chi connectivity index (χ0v) is 11.0. The van der Waals surface area contributed by atoms with Gasteiger partial charge in [0.05, 0.1) is 12.2 Å². The highest BCUT2D eigenvalue weighted by molar-refractivity contribution is 6.39. The lowest BCUT2D eigenvalue weighted by Crippen LogP contribution is -2.35. The molecule has 2 N–H and O–H groups in total. The Hall–Kier alpha value is -2.76. The van der Waals surface area contributed by atoms with Gasteiger partial charge in [-0.05, 0) is 31.2 Å². The maximum Gasteiger partial charge on any atom is 0.314 e. The predicted octanol–water partition coefficient (Wildman–Crippen LogP) is 1.04. The van der Waals surface area contributed by atoms with Crippen LogP contribution >= 0.6 is 0 Å². The molecule has 2 aromatic heterocycles. The maximum atomic E-state index is 11.7. The van der Waals surface area contributed by atoms with Gasteiger partial charge in [0.25, 0.3) is 0 Å². The van der Waals surface area contributed by atoms with Crippen molar-refractivity contribution in [2.45, 2.75) is 13.5 Å². The molecule has 2 aromatic rings. The van der Waals surface area contributed by atoms with E-state index in [1.807, 2.05) is 6.07 Å². The Kier molecular flexibility index (Phi) is 4.39. The number of anilines is 1. The van der Waals surface area contributed by atoms with E-state index in [4.69, 9.17) is 0 Å². The summed E-state index contributed by atoms with van der Waals surface area (Å²) < 4.78 is 0. The van der Waals surface area contributed by atoms with Crippen LogP contribution in [0.1, 0.15) is 11.4 Å². The van der Waals surface area contributed by atoms with Crippen LogP contribution in [0.4, 0.5) is 5.82 Å². The minimum atomic E-state index is -0.751. The van der Waals surface area contributed by atoms with Crippen LogP contribution in [0.25, 0.3) is 0 Å². The molecule has 0 aromatic carbocycles. The smallest absolute Gasteiger partial charge is 0.314 e. The third kappa shape index (κ3) is 3.88. The lowest BCUT2D eigenvalue weighted by Gasteiger charge is -2.06. The van der Waals surface area contributed by atoms with Gasteiger partial charge >= 0.3 is 11.8 Å². The molecule has 0 atom stereocenters. The minimum Gasteiger partial charge on any atom is -0.342 e. The molecule has 0 bridgehead atoms. The molecule has 0 saturated heterocycles. The van der Waals surface area contributed by atoms with E-state index in [1.54, 1.807) is 43.5 Å². The number of carbonyl (C=O) groups is 2. The summed E-state index contributed by atoms with van der Waals surface area (Å²) in [5.41, 5.74) is 1.44. The molecule has 0 aliphatic rings. The Morgan fingerprint density at radius 1 is 1.10 bits per heavy atom. The SMILES string of the molecule is Cc1cccc(NC(=O)C(=O)NCc2ccccn2)n1. The van der Waals surface area contributed by atoms with Crippen molar-refractivity contribution in [1.82, 2.24) is 15.3 Å². The molecule has 0 fully saturated rings. The Balaban J connectivity index is 1.88. The first kappa shape index (κ1) is 13.7. The summed E-state index contributed by atoms with van der Waals surface area (Å²) in [4.78, 5) is 31.4. The predicted molar refractivity (Wildman–Crippen MR) is 73.7 cm³/mol. The Morgan fingerprint density at radius 2 is 1.95 bits per heavy atom. The molecule has 20 heavy (non-hydrogen) atoms. The highest BCUT2D eigenvalue weighted by Crippen LogP contribution is 2.03. The second-order valence-corrected chi connectivity index (χ2v) is 4.12. The van der Waals surface area contributed by atoms with E-state index in [0.717, 1.165) is 5.69 Å². The van der Waals surface area contributed by atoms with E-state index in [9.17, 15) is 9.59 Å². The topological polar surface area (TPSA) is 84.0 Å². The number of pyridine rings is 2. The summed E-state index contributed by atoms with van der Waals surface area (Å²) >= 11 is 0. The van der Waals surface area contributed by atoms with Crippen molar-refractivity contribution in [3.63, 3.8) is 0 Å². The van der Waals surface area contributed by atoms with Crippen molar-refractivity contribution >= 4 is 17.6 Å². The number of nitrogens with one attached hydrogen (secondary N) is 2. The summed E-state index contributed by atoms with van der Waals surface area (Å²) in [7, 11) is 0. The van der Waals surface area contributed by atoms with Crippen LogP contribution in [0.5, 0.6) is 0 Å². The fourth-order valence-electron chi connectivity index (χ4n) is 1.54. The lowest BCUT2D eigenvalue weighted by atomic mass is 10.3. The molecule has 0 aliphatic carbocycles. The number of hydrogen-bond donors (Lipinski definition) is 2. The second kappa shape index (κ2) is 6.42. The molecule has 6 heteroatoms. The van der Waals surface area contributed by atoms with Gasteiger partial charge in [-0.1, -0.05) is 12.1 Å². The summed E-state index contributed by atoms with van der Waals surface area (Å²) in [5, 5.41) is 4.93. The molecular weight excluding hydrogens is 256 g/mol. The molecule has 0 spiro atoms. The van der Waals surface area contributed by atoms with Crippen molar-refractivity contribution in [1.29, 1.82) is 0 Å². The maximum absolute atomic E-state index is 11.7. The van der Waals surface area contributed by atoms with Gasteiger partial charge in [0, 0.05) is 11.9 Å². The fraction of sp³-hybridized carbons (Fsp3) is 0.143. The zero-order valence-electron chi connectivity index (χ0n) is 11.0. The summed E-state index contributed by atoms with van der Waals surface area (Å²) in [5.74, 6) is -1.12. The zero-order chi connectivity index (χ0) is 14.4. The Bertz CT molecular complexity index is 614. The Morgan fingerprint density at radius 3 is 2.65 bits per heavy atom. The largest absolute Gasteiger partial charge is 0.342 e.